The van der Waals surface area contributed by atoms with Gasteiger partial charge in [-0.15, -0.1) is 0 Å². The molecule has 28 heavy (non-hydrogen) atoms. The summed E-state index contributed by atoms with van der Waals surface area (Å²) in [7, 11) is -1.71. The average Bonchev–Trinajstić information content (AvgIpc) is 2.67. The Morgan fingerprint density at radius 3 is 2.54 bits per heavy atom. The molecule has 0 saturated carbocycles. The van der Waals surface area contributed by atoms with Crippen LogP contribution in [0, 0.1) is 0 Å². The minimum absolute atomic E-state index is 0.0823. The highest BCUT2D eigenvalue weighted by atomic mass is 79.9. The van der Waals surface area contributed by atoms with Gasteiger partial charge in [-0.05, 0) is 46.3 Å². The molecule has 0 heterocycles. The minimum Gasteiger partial charge on any atom is -0.452 e. The Bertz CT molecular complexity index is 999. The fraction of sp³-hybridized carbons (Fsp3) is 0.176. The molecule has 0 aromatic heterocycles. The second-order valence-electron chi connectivity index (χ2n) is 5.35. The maximum absolute atomic E-state index is 12.4. The van der Waals surface area contributed by atoms with Crippen molar-refractivity contribution in [1.82, 2.24) is 4.47 Å². The van der Waals surface area contributed by atoms with E-state index in [0.717, 1.165) is 6.07 Å². The number of hydrogen-bond acceptors (Lipinski definition) is 6. The molecule has 11 heteroatoms. The lowest BCUT2D eigenvalue weighted by Gasteiger charge is -2.15. The summed E-state index contributed by atoms with van der Waals surface area (Å²) in [4.78, 5) is 28.5. The smallest absolute Gasteiger partial charge is 0.338 e. The Balaban J connectivity index is 2.10. The number of anilines is 1. The number of nitrogens with one attached hydrogen (secondary N) is 1. The van der Waals surface area contributed by atoms with Gasteiger partial charge in [0.1, 0.15) is 4.90 Å². The average molecular weight is 492 g/mol. The van der Waals surface area contributed by atoms with Crippen molar-refractivity contribution in [3.05, 3.63) is 57.5 Å². The topological polar surface area (TPSA) is 102 Å². The van der Waals surface area contributed by atoms with E-state index in [-0.39, 0.29) is 15.5 Å². The number of carbonyl (C=O) groups is 2. The molecule has 0 fully saturated rings. The van der Waals surface area contributed by atoms with E-state index in [1.165, 1.54) is 26.3 Å². The van der Waals surface area contributed by atoms with Crippen molar-refractivity contribution in [3.8, 4) is 0 Å². The summed E-state index contributed by atoms with van der Waals surface area (Å²) < 4.78 is 30.9. The first-order valence-corrected chi connectivity index (χ1v) is 10.3. The third-order valence-electron chi connectivity index (χ3n) is 3.52. The molecule has 0 aliphatic carbocycles. The van der Waals surface area contributed by atoms with Crippen molar-refractivity contribution in [2.45, 2.75) is 4.90 Å². The number of carbonyl (C=O) groups excluding carboxylic acids is 2. The number of halogens is 2. The first kappa shape index (κ1) is 22.3. The number of esters is 1. The number of sulfonamides is 1. The normalized spacial score (nSPS) is 11.3. The van der Waals surface area contributed by atoms with Crippen LogP contribution in [0.4, 0.5) is 5.69 Å². The van der Waals surface area contributed by atoms with Gasteiger partial charge in [-0.25, -0.2) is 13.2 Å². The van der Waals surface area contributed by atoms with Gasteiger partial charge in [-0.2, -0.15) is 0 Å². The fourth-order valence-electron chi connectivity index (χ4n) is 2.03. The van der Waals surface area contributed by atoms with Gasteiger partial charge in [0.25, 0.3) is 15.9 Å². The van der Waals surface area contributed by atoms with E-state index in [4.69, 9.17) is 16.3 Å². The highest BCUT2D eigenvalue weighted by Crippen LogP contribution is 2.26. The molecule has 150 valence electrons. The summed E-state index contributed by atoms with van der Waals surface area (Å²) in [5.74, 6) is -1.43. The van der Waals surface area contributed by atoms with Crippen LogP contribution in [0.5, 0.6) is 0 Å². The summed E-state index contributed by atoms with van der Waals surface area (Å²) in [5, 5.41) is 2.49. The van der Waals surface area contributed by atoms with Crippen LogP contribution in [0.15, 0.2) is 51.8 Å². The fourth-order valence-corrected chi connectivity index (χ4v) is 3.89. The molecular formula is C17H16BrClN2O6S. The third kappa shape index (κ3) is 5.30. The minimum atomic E-state index is -4.07. The van der Waals surface area contributed by atoms with E-state index in [2.05, 4.69) is 26.1 Å². The van der Waals surface area contributed by atoms with E-state index < -0.39 is 28.5 Å². The van der Waals surface area contributed by atoms with Gasteiger partial charge in [-0.3, -0.25) is 9.63 Å². The quantitative estimate of drug-likeness (QED) is 0.472. The van der Waals surface area contributed by atoms with E-state index in [0.29, 0.717) is 14.6 Å². The highest BCUT2D eigenvalue weighted by Gasteiger charge is 2.25. The Hall–Kier alpha value is -1.98. The molecule has 0 aliphatic heterocycles. The Labute approximate surface area is 175 Å². The summed E-state index contributed by atoms with van der Waals surface area (Å²) in [6.45, 7) is -0.553. The number of rotatable bonds is 7. The third-order valence-corrected chi connectivity index (χ3v) is 6.38. The summed E-state index contributed by atoms with van der Waals surface area (Å²) in [6, 6.07) is 10.5. The largest absolute Gasteiger partial charge is 0.452 e. The standard InChI is InChI=1S/C17H16BrClN2O6S/c1-21(26-2)28(24,25)15-9-11(7-8-13(15)19)17(23)27-10-16(22)20-14-6-4-3-5-12(14)18/h3-9H,10H2,1-2H3,(H,20,22). The van der Waals surface area contributed by atoms with Crippen molar-refractivity contribution < 1.29 is 27.6 Å². The number of amides is 1. The molecule has 0 unspecified atom stereocenters. The van der Waals surface area contributed by atoms with Crippen molar-refractivity contribution in [2.24, 2.45) is 0 Å². The van der Waals surface area contributed by atoms with Crippen molar-refractivity contribution >= 4 is 55.1 Å². The van der Waals surface area contributed by atoms with E-state index in [1.807, 2.05) is 0 Å². The van der Waals surface area contributed by atoms with Gasteiger partial charge in [-0.1, -0.05) is 28.2 Å². The zero-order valence-electron chi connectivity index (χ0n) is 14.8. The molecule has 0 aliphatic rings. The SMILES string of the molecule is CON(C)S(=O)(=O)c1cc(C(=O)OCC(=O)Nc2ccccc2Br)ccc1Cl. The number of benzene rings is 2. The van der Waals surface area contributed by atoms with Crippen LogP contribution < -0.4 is 5.32 Å². The Morgan fingerprint density at radius 2 is 1.89 bits per heavy atom. The second-order valence-corrected chi connectivity index (χ2v) is 8.51. The first-order valence-electron chi connectivity index (χ1n) is 7.71. The van der Waals surface area contributed by atoms with Crippen molar-refractivity contribution in [2.75, 3.05) is 26.1 Å². The van der Waals surface area contributed by atoms with Crippen LogP contribution in [-0.2, 0) is 24.4 Å². The van der Waals surface area contributed by atoms with Gasteiger partial charge in [0.05, 0.1) is 23.4 Å². The lowest BCUT2D eigenvalue weighted by Crippen LogP contribution is -2.26. The Kier molecular flexibility index (Phi) is 7.55. The number of ether oxygens (including phenoxy) is 1. The van der Waals surface area contributed by atoms with Gasteiger partial charge in [0.15, 0.2) is 6.61 Å². The molecule has 1 amide bonds. The van der Waals surface area contributed by atoms with Crippen molar-refractivity contribution in [3.63, 3.8) is 0 Å². The van der Waals surface area contributed by atoms with Crippen LogP contribution in [-0.4, -0.2) is 45.5 Å². The van der Waals surface area contributed by atoms with Crippen molar-refractivity contribution in [1.29, 1.82) is 0 Å². The number of para-hydroxylation sites is 1. The molecule has 0 spiro atoms. The van der Waals surface area contributed by atoms with Crippen LogP contribution >= 0.6 is 27.5 Å². The number of hydroxylamine groups is 1. The molecule has 2 aromatic rings. The monoisotopic (exact) mass is 490 g/mol. The van der Waals surface area contributed by atoms with Gasteiger partial charge in [0, 0.05) is 11.5 Å². The number of nitrogens with zero attached hydrogens (tertiary/aromatic N) is 1. The van der Waals surface area contributed by atoms with Gasteiger partial charge in [0.2, 0.25) is 0 Å². The maximum Gasteiger partial charge on any atom is 0.338 e. The van der Waals surface area contributed by atoms with Crippen LogP contribution in [0.25, 0.3) is 0 Å². The lowest BCUT2D eigenvalue weighted by molar-refractivity contribution is -0.119. The molecule has 2 rings (SSSR count). The van der Waals surface area contributed by atoms with E-state index in [1.54, 1.807) is 24.3 Å². The molecule has 0 saturated heterocycles. The summed E-state index contributed by atoms with van der Waals surface area (Å²) in [6.07, 6.45) is 0. The van der Waals surface area contributed by atoms with Gasteiger partial charge < -0.3 is 10.1 Å². The molecule has 0 bridgehead atoms. The molecule has 2 aromatic carbocycles. The number of hydrogen-bond donors (Lipinski definition) is 1. The molecule has 0 atom stereocenters. The Morgan fingerprint density at radius 1 is 1.21 bits per heavy atom. The molecular weight excluding hydrogens is 476 g/mol. The zero-order valence-corrected chi connectivity index (χ0v) is 18.0. The molecule has 1 N–H and O–H groups in total. The predicted molar refractivity (Wildman–Crippen MR) is 106 cm³/mol. The zero-order chi connectivity index (χ0) is 20.9. The maximum atomic E-state index is 12.4. The van der Waals surface area contributed by atoms with Crippen LogP contribution in [0.3, 0.4) is 0 Å². The van der Waals surface area contributed by atoms with E-state index >= 15 is 0 Å². The second kappa shape index (κ2) is 9.48. The molecule has 0 radical (unpaired) electrons. The summed E-state index contributed by atoms with van der Waals surface area (Å²) in [5.41, 5.74) is 0.437. The van der Waals surface area contributed by atoms with Crippen LogP contribution in [0.1, 0.15) is 10.4 Å². The van der Waals surface area contributed by atoms with Crippen LogP contribution in [0.2, 0.25) is 5.02 Å². The highest BCUT2D eigenvalue weighted by molar-refractivity contribution is 9.10. The predicted octanol–water partition coefficient (Wildman–Crippen LogP) is 3.08. The van der Waals surface area contributed by atoms with Gasteiger partial charge >= 0.3 is 5.97 Å². The lowest BCUT2D eigenvalue weighted by atomic mass is 10.2. The molecule has 8 nitrogen and oxygen atoms in total. The van der Waals surface area contributed by atoms with E-state index in [9.17, 15) is 18.0 Å². The summed E-state index contributed by atoms with van der Waals surface area (Å²) >= 11 is 9.22. The first-order chi connectivity index (χ1) is 13.2.